The molecule has 0 aliphatic heterocycles. The fraction of sp³-hybridized carbons (Fsp3) is 0.769. The summed E-state index contributed by atoms with van der Waals surface area (Å²) in [5.41, 5.74) is 0. The van der Waals surface area contributed by atoms with E-state index in [-0.39, 0.29) is 30.4 Å². The minimum absolute atomic E-state index is 0.0561. The van der Waals surface area contributed by atoms with E-state index < -0.39 is 0 Å². The van der Waals surface area contributed by atoms with Crippen LogP contribution >= 0.6 is 0 Å². The van der Waals surface area contributed by atoms with Gasteiger partial charge in [-0.05, 0) is 37.5 Å². The molecule has 5 unspecified atom stereocenters. The van der Waals surface area contributed by atoms with Gasteiger partial charge in [-0.3, -0.25) is 4.79 Å². The van der Waals surface area contributed by atoms with Crippen LogP contribution < -0.4 is 5.32 Å². The fourth-order valence-electron chi connectivity index (χ4n) is 2.71. The Hall–Kier alpha value is -0.830. The Morgan fingerprint density at radius 1 is 1.44 bits per heavy atom. The molecule has 2 aliphatic carbocycles. The molecule has 0 saturated heterocycles. The van der Waals surface area contributed by atoms with Gasteiger partial charge in [0.05, 0.1) is 0 Å². The van der Waals surface area contributed by atoms with Crippen LogP contribution in [0.2, 0.25) is 0 Å². The van der Waals surface area contributed by atoms with Crippen LogP contribution in [0.25, 0.3) is 0 Å². The van der Waals surface area contributed by atoms with Crippen LogP contribution in [0.3, 0.4) is 0 Å². The van der Waals surface area contributed by atoms with E-state index in [1.807, 2.05) is 13.8 Å². The number of fused-ring (bicyclic) bond motifs is 2. The van der Waals surface area contributed by atoms with E-state index in [4.69, 9.17) is 5.11 Å². The second-order valence-corrected chi connectivity index (χ2v) is 5.34. The first-order chi connectivity index (χ1) is 7.61. The quantitative estimate of drug-likeness (QED) is 0.706. The zero-order chi connectivity index (χ0) is 11.7. The normalized spacial score (nSPS) is 35.1. The summed E-state index contributed by atoms with van der Waals surface area (Å²) in [6, 6.07) is 0.0561. The van der Waals surface area contributed by atoms with Gasteiger partial charge in [-0.15, -0.1) is 0 Å². The molecule has 2 bridgehead atoms. The Balaban J connectivity index is 1.87. The van der Waals surface area contributed by atoms with Crippen LogP contribution in [0, 0.1) is 23.7 Å². The topological polar surface area (TPSA) is 49.3 Å². The average Bonchev–Trinajstić information content (AvgIpc) is 2.89. The minimum atomic E-state index is 0.0561. The molecule has 0 aromatic heterocycles. The lowest BCUT2D eigenvalue weighted by molar-refractivity contribution is -0.126. The van der Waals surface area contributed by atoms with Gasteiger partial charge < -0.3 is 10.4 Å². The number of aliphatic hydroxyl groups excluding tert-OH is 1. The van der Waals surface area contributed by atoms with E-state index in [1.54, 1.807) is 0 Å². The number of hydrogen-bond acceptors (Lipinski definition) is 2. The van der Waals surface area contributed by atoms with Crippen LogP contribution in [-0.4, -0.2) is 23.7 Å². The molecule has 1 fully saturated rings. The van der Waals surface area contributed by atoms with E-state index in [1.165, 1.54) is 0 Å². The van der Waals surface area contributed by atoms with Gasteiger partial charge in [-0.2, -0.15) is 0 Å². The van der Waals surface area contributed by atoms with Gasteiger partial charge in [0.25, 0.3) is 0 Å². The lowest BCUT2D eigenvalue weighted by Crippen LogP contribution is -2.42. The van der Waals surface area contributed by atoms with Crippen molar-refractivity contribution in [3.8, 4) is 0 Å². The highest BCUT2D eigenvalue weighted by atomic mass is 16.3. The van der Waals surface area contributed by atoms with Crippen LogP contribution in [0.4, 0.5) is 0 Å². The summed E-state index contributed by atoms with van der Waals surface area (Å²) in [6.45, 7) is 4.03. The summed E-state index contributed by atoms with van der Waals surface area (Å²) in [4.78, 5) is 12.0. The van der Waals surface area contributed by atoms with Crippen molar-refractivity contribution in [3.05, 3.63) is 12.2 Å². The van der Waals surface area contributed by atoms with Gasteiger partial charge in [-0.25, -0.2) is 0 Å². The zero-order valence-corrected chi connectivity index (χ0v) is 10.0. The van der Waals surface area contributed by atoms with Crippen molar-refractivity contribution in [2.45, 2.75) is 32.7 Å². The molecule has 0 aromatic carbocycles. The molecule has 0 spiro atoms. The smallest absolute Gasteiger partial charge is 0.223 e. The number of nitrogens with one attached hydrogen (secondary N) is 1. The lowest BCUT2D eigenvalue weighted by Gasteiger charge is -2.24. The third-order valence-electron chi connectivity index (χ3n) is 4.13. The van der Waals surface area contributed by atoms with Gasteiger partial charge in [0.15, 0.2) is 0 Å². The van der Waals surface area contributed by atoms with Gasteiger partial charge in [0.1, 0.15) is 0 Å². The van der Waals surface area contributed by atoms with E-state index in [2.05, 4.69) is 17.5 Å². The van der Waals surface area contributed by atoms with Crippen molar-refractivity contribution in [1.29, 1.82) is 0 Å². The lowest BCUT2D eigenvalue weighted by atomic mass is 9.92. The molecular weight excluding hydrogens is 202 g/mol. The standard InChI is InChI=1S/C13H21NO2/c1-8(7-15)9(2)14-13(16)12-6-10-3-4-11(12)5-10/h3-4,8-12,15H,5-7H2,1-2H3,(H,14,16). The minimum Gasteiger partial charge on any atom is -0.396 e. The largest absolute Gasteiger partial charge is 0.396 e. The van der Waals surface area contributed by atoms with Gasteiger partial charge >= 0.3 is 0 Å². The Labute approximate surface area is 96.9 Å². The van der Waals surface area contributed by atoms with Crippen molar-refractivity contribution >= 4 is 5.91 Å². The van der Waals surface area contributed by atoms with Crippen molar-refractivity contribution < 1.29 is 9.90 Å². The molecule has 5 atom stereocenters. The van der Waals surface area contributed by atoms with Gasteiger partial charge in [-0.1, -0.05) is 19.1 Å². The van der Waals surface area contributed by atoms with Gasteiger partial charge in [0.2, 0.25) is 5.91 Å². The Morgan fingerprint density at radius 3 is 2.69 bits per heavy atom. The number of aliphatic hydroxyl groups is 1. The monoisotopic (exact) mass is 223 g/mol. The first-order valence-electron chi connectivity index (χ1n) is 6.21. The van der Waals surface area contributed by atoms with Gasteiger partial charge in [0, 0.05) is 18.6 Å². The maximum absolute atomic E-state index is 12.0. The predicted octanol–water partition coefficient (Wildman–Crippen LogP) is 1.33. The molecule has 2 aliphatic rings. The summed E-state index contributed by atoms with van der Waals surface area (Å²) < 4.78 is 0. The molecule has 0 radical (unpaired) electrons. The molecule has 90 valence electrons. The van der Waals surface area contributed by atoms with Crippen LogP contribution in [0.15, 0.2) is 12.2 Å². The molecule has 1 saturated carbocycles. The third kappa shape index (κ3) is 2.14. The average molecular weight is 223 g/mol. The molecule has 3 heteroatoms. The Morgan fingerprint density at radius 2 is 2.19 bits per heavy atom. The molecule has 3 nitrogen and oxygen atoms in total. The Kier molecular flexibility index (Phi) is 3.33. The van der Waals surface area contributed by atoms with Crippen molar-refractivity contribution in [3.63, 3.8) is 0 Å². The summed E-state index contributed by atoms with van der Waals surface area (Å²) in [5, 5.41) is 12.1. The summed E-state index contributed by atoms with van der Waals surface area (Å²) >= 11 is 0. The van der Waals surface area contributed by atoms with Crippen molar-refractivity contribution in [2.24, 2.45) is 23.7 Å². The predicted molar refractivity (Wildman–Crippen MR) is 62.7 cm³/mol. The Bertz CT molecular complexity index is 300. The number of carbonyl (C=O) groups is 1. The van der Waals surface area contributed by atoms with E-state index in [9.17, 15) is 4.79 Å². The molecule has 0 aromatic rings. The molecule has 2 N–H and O–H groups in total. The number of amides is 1. The van der Waals surface area contributed by atoms with Crippen molar-refractivity contribution in [2.75, 3.05) is 6.61 Å². The summed E-state index contributed by atoms with van der Waals surface area (Å²) in [6.07, 6.45) is 6.60. The zero-order valence-electron chi connectivity index (χ0n) is 10.0. The highest BCUT2D eigenvalue weighted by molar-refractivity contribution is 5.80. The number of hydrogen-bond donors (Lipinski definition) is 2. The van der Waals surface area contributed by atoms with E-state index in [0.29, 0.717) is 11.8 Å². The SMILES string of the molecule is CC(CO)C(C)NC(=O)C1CC2C=CC1C2. The third-order valence-corrected chi connectivity index (χ3v) is 4.13. The highest BCUT2D eigenvalue weighted by Crippen LogP contribution is 2.43. The van der Waals surface area contributed by atoms with E-state index in [0.717, 1.165) is 12.8 Å². The van der Waals surface area contributed by atoms with Crippen LogP contribution in [0.5, 0.6) is 0 Å². The second kappa shape index (κ2) is 4.58. The molecular formula is C13H21NO2. The van der Waals surface area contributed by atoms with Crippen LogP contribution in [-0.2, 0) is 4.79 Å². The van der Waals surface area contributed by atoms with Crippen molar-refractivity contribution in [1.82, 2.24) is 5.32 Å². The van der Waals surface area contributed by atoms with E-state index >= 15 is 0 Å². The summed E-state index contributed by atoms with van der Waals surface area (Å²) in [5.74, 6) is 1.55. The summed E-state index contributed by atoms with van der Waals surface area (Å²) in [7, 11) is 0. The van der Waals surface area contributed by atoms with Crippen LogP contribution in [0.1, 0.15) is 26.7 Å². The molecule has 1 amide bonds. The second-order valence-electron chi connectivity index (χ2n) is 5.34. The number of carbonyl (C=O) groups excluding carboxylic acids is 1. The highest BCUT2D eigenvalue weighted by Gasteiger charge is 2.40. The molecule has 2 rings (SSSR count). The maximum Gasteiger partial charge on any atom is 0.223 e. The fourth-order valence-corrected chi connectivity index (χ4v) is 2.71. The first-order valence-corrected chi connectivity index (χ1v) is 6.21. The number of allylic oxidation sites excluding steroid dienone is 2. The number of rotatable bonds is 4. The maximum atomic E-state index is 12.0. The molecule has 0 heterocycles. The molecule has 16 heavy (non-hydrogen) atoms. The first kappa shape index (κ1) is 11.6.